The third kappa shape index (κ3) is 4.50. The van der Waals surface area contributed by atoms with Crippen molar-refractivity contribution in [3.05, 3.63) is 0 Å². The van der Waals surface area contributed by atoms with Crippen LogP contribution in [0.1, 0.15) is 33.6 Å². The van der Waals surface area contributed by atoms with Crippen LogP contribution in [-0.4, -0.2) is 17.4 Å². The van der Waals surface area contributed by atoms with Crippen molar-refractivity contribution in [2.75, 3.05) is 0 Å². The molecule has 0 aromatic rings. The molecule has 0 heterocycles. The second-order valence-corrected chi connectivity index (χ2v) is 3.71. The van der Waals surface area contributed by atoms with E-state index in [2.05, 4.69) is 0 Å². The van der Waals surface area contributed by atoms with E-state index in [0.29, 0.717) is 6.42 Å². The highest BCUT2D eigenvalue weighted by molar-refractivity contribution is 4.72. The van der Waals surface area contributed by atoms with Crippen molar-refractivity contribution in [3.63, 3.8) is 0 Å². The van der Waals surface area contributed by atoms with Crippen molar-refractivity contribution in [3.8, 4) is 0 Å². The lowest BCUT2D eigenvalue weighted by Crippen LogP contribution is -2.31. The molecule has 1 unspecified atom stereocenters. The smallest absolute Gasteiger partial charge is 0.384 e. The molecule has 0 aliphatic heterocycles. The van der Waals surface area contributed by atoms with Gasteiger partial charge in [0.1, 0.15) is 6.10 Å². The van der Waals surface area contributed by atoms with Gasteiger partial charge in [-0.1, -0.05) is 27.2 Å². The fourth-order valence-electron chi connectivity index (χ4n) is 1.33. The zero-order valence-corrected chi connectivity index (χ0v) is 8.23. The fourth-order valence-corrected chi connectivity index (χ4v) is 1.33. The first-order valence-corrected chi connectivity index (χ1v) is 4.53. The summed E-state index contributed by atoms with van der Waals surface area (Å²) in [7, 11) is 0. The molecule has 0 rings (SSSR count). The molecule has 0 aromatic heterocycles. The molecule has 0 saturated carbocycles. The average Bonchev–Trinajstić information content (AvgIpc) is 1.96. The Kier molecular flexibility index (Phi) is 4.75. The van der Waals surface area contributed by atoms with E-state index >= 15 is 0 Å². The van der Waals surface area contributed by atoms with Crippen molar-refractivity contribution in [1.82, 2.24) is 0 Å². The highest BCUT2D eigenvalue weighted by Crippen LogP contribution is 2.29. The maximum atomic E-state index is 12.0. The summed E-state index contributed by atoms with van der Waals surface area (Å²) in [6.45, 7) is 5.59. The number of aliphatic hydroxyl groups is 1. The molecule has 0 aliphatic carbocycles. The lowest BCUT2D eigenvalue weighted by atomic mass is 9.88. The van der Waals surface area contributed by atoms with E-state index in [9.17, 15) is 13.2 Å². The zero-order valence-electron chi connectivity index (χ0n) is 8.23. The molecule has 0 saturated heterocycles. The van der Waals surface area contributed by atoms with E-state index in [1.807, 2.05) is 20.8 Å². The van der Waals surface area contributed by atoms with Crippen molar-refractivity contribution in [1.29, 1.82) is 0 Å². The molecule has 13 heavy (non-hydrogen) atoms. The number of halogens is 3. The fraction of sp³-hybridized carbons (Fsp3) is 1.00. The summed E-state index contributed by atoms with van der Waals surface area (Å²) < 4.78 is 35.9. The first kappa shape index (κ1) is 12.8. The summed E-state index contributed by atoms with van der Waals surface area (Å²) in [5.74, 6) is 0.124. The Morgan fingerprint density at radius 1 is 1.23 bits per heavy atom. The van der Waals surface area contributed by atoms with E-state index in [-0.39, 0.29) is 18.3 Å². The van der Waals surface area contributed by atoms with Crippen LogP contribution in [0.15, 0.2) is 0 Å². The van der Waals surface area contributed by atoms with Gasteiger partial charge in [-0.15, -0.1) is 0 Å². The van der Waals surface area contributed by atoms with Gasteiger partial charge in [-0.3, -0.25) is 0 Å². The highest BCUT2D eigenvalue weighted by Gasteiger charge is 2.39. The Morgan fingerprint density at radius 3 is 1.92 bits per heavy atom. The topological polar surface area (TPSA) is 20.2 Å². The minimum atomic E-state index is -4.47. The molecule has 80 valence electrons. The van der Waals surface area contributed by atoms with Gasteiger partial charge in [0.05, 0.1) is 0 Å². The molecule has 0 fully saturated rings. The molecule has 0 radical (unpaired) electrons. The molecule has 2 atom stereocenters. The Hall–Kier alpha value is -0.250. The molecular weight excluding hydrogens is 181 g/mol. The van der Waals surface area contributed by atoms with E-state index in [4.69, 9.17) is 5.11 Å². The predicted octanol–water partition coefficient (Wildman–Crippen LogP) is 2.98. The van der Waals surface area contributed by atoms with Gasteiger partial charge in [0, 0.05) is 0 Å². The van der Waals surface area contributed by atoms with Crippen LogP contribution in [0.5, 0.6) is 0 Å². The summed E-state index contributed by atoms with van der Waals surface area (Å²) in [4.78, 5) is 0. The van der Waals surface area contributed by atoms with Crippen LogP contribution in [0.25, 0.3) is 0 Å². The van der Waals surface area contributed by atoms with Crippen LogP contribution in [0.2, 0.25) is 0 Å². The molecule has 0 aromatic carbocycles. The molecular formula is C9H17F3O. The molecule has 0 bridgehead atoms. The third-order valence-corrected chi connectivity index (χ3v) is 2.37. The normalized spacial score (nSPS) is 17.5. The van der Waals surface area contributed by atoms with Crippen LogP contribution < -0.4 is 0 Å². The number of hydrogen-bond acceptors (Lipinski definition) is 1. The van der Waals surface area contributed by atoms with Gasteiger partial charge in [0.15, 0.2) is 0 Å². The van der Waals surface area contributed by atoms with E-state index in [1.54, 1.807) is 0 Å². The minimum absolute atomic E-state index is 0.0587. The van der Waals surface area contributed by atoms with Gasteiger partial charge >= 0.3 is 6.18 Å². The van der Waals surface area contributed by atoms with E-state index in [1.165, 1.54) is 0 Å². The average molecular weight is 198 g/mol. The maximum Gasteiger partial charge on any atom is 0.414 e. The summed E-state index contributed by atoms with van der Waals surface area (Å²) in [6, 6.07) is 0. The molecule has 0 spiro atoms. The molecule has 0 amide bonds. The zero-order chi connectivity index (χ0) is 10.6. The Bertz CT molecular complexity index is 142. The summed E-state index contributed by atoms with van der Waals surface area (Å²) in [5, 5.41) is 8.81. The molecule has 0 aliphatic rings. The Labute approximate surface area is 76.9 Å². The van der Waals surface area contributed by atoms with Crippen LogP contribution in [0, 0.1) is 11.8 Å². The van der Waals surface area contributed by atoms with E-state index < -0.39 is 12.3 Å². The lowest BCUT2D eigenvalue weighted by molar-refractivity contribution is -0.209. The van der Waals surface area contributed by atoms with Gasteiger partial charge < -0.3 is 5.11 Å². The summed E-state index contributed by atoms with van der Waals surface area (Å²) >= 11 is 0. The highest BCUT2D eigenvalue weighted by atomic mass is 19.4. The van der Waals surface area contributed by atoms with Gasteiger partial charge in [0.2, 0.25) is 0 Å². The first-order chi connectivity index (χ1) is 5.79. The second-order valence-electron chi connectivity index (χ2n) is 3.71. The second kappa shape index (κ2) is 4.84. The lowest BCUT2D eigenvalue weighted by Gasteiger charge is -2.23. The molecule has 1 N–H and O–H groups in total. The number of alkyl halides is 3. The third-order valence-electron chi connectivity index (χ3n) is 2.37. The van der Waals surface area contributed by atoms with E-state index in [0.717, 1.165) is 0 Å². The molecule has 1 nitrogen and oxygen atoms in total. The van der Waals surface area contributed by atoms with Crippen molar-refractivity contribution in [2.24, 2.45) is 11.8 Å². The molecule has 4 heteroatoms. The Balaban J connectivity index is 4.09. The summed E-state index contributed by atoms with van der Waals surface area (Å²) in [6.07, 6.45) is -6.15. The van der Waals surface area contributed by atoms with Gasteiger partial charge in [-0.05, 0) is 18.3 Å². The van der Waals surface area contributed by atoms with Crippen LogP contribution in [-0.2, 0) is 0 Å². The Morgan fingerprint density at radius 2 is 1.69 bits per heavy atom. The predicted molar refractivity (Wildman–Crippen MR) is 45.3 cm³/mol. The minimum Gasteiger partial charge on any atom is -0.384 e. The standard InChI is InChI=1S/C9H17F3O/c1-4-7(6(2)3)5-8(13)9(10,11)12/h6-8,13H,4-5H2,1-3H3/t7-,8?/m0/s1. The van der Waals surface area contributed by atoms with Gasteiger partial charge in [-0.2, -0.15) is 13.2 Å². The quantitative estimate of drug-likeness (QED) is 0.736. The van der Waals surface area contributed by atoms with Gasteiger partial charge in [-0.25, -0.2) is 0 Å². The number of aliphatic hydroxyl groups excluding tert-OH is 1. The van der Waals surface area contributed by atoms with Crippen molar-refractivity contribution >= 4 is 0 Å². The van der Waals surface area contributed by atoms with Crippen molar-refractivity contribution in [2.45, 2.75) is 45.9 Å². The number of rotatable bonds is 4. The van der Waals surface area contributed by atoms with Gasteiger partial charge in [0.25, 0.3) is 0 Å². The SMILES string of the molecule is CC[C@@H](CC(O)C(F)(F)F)C(C)C. The van der Waals surface area contributed by atoms with Crippen LogP contribution >= 0.6 is 0 Å². The van der Waals surface area contributed by atoms with Crippen LogP contribution in [0.4, 0.5) is 13.2 Å². The monoisotopic (exact) mass is 198 g/mol. The summed E-state index contributed by atoms with van der Waals surface area (Å²) in [5.41, 5.74) is 0. The largest absolute Gasteiger partial charge is 0.414 e. The number of hydrogen-bond donors (Lipinski definition) is 1. The van der Waals surface area contributed by atoms with Crippen LogP contribution in [0.3, 0.4) is 0 Å². The maximum absolute atomic E-state index is 12.0. The first-order valence-electron chi connectivity index (χ1n) is 4.53. The van der Waals surface area contributed by atoms with Crippen molar-refractivity contribution < 1.29 is 18.3 Å².